The molecule has 0 aromatic heterocycles. The van der Waals surface area contributed by atoms with Crippen molar-refractivity contribution in [1.29, 1.82) is 0 Å². The summed E-state index contributed by atoms with van der Waals surface area (Å²) in [6, 6.07) is 12.7. The zero-order valence-electron chi connectivity index (χ0n) is 11.1. The van der Waals surface area contributed by atoms with E-state index in [0.29, 0.717) is 13.2 Å². The van der Waals surface area contributed by atoms with Crippen molar-refractivity contribution in [3.8, 4) is 0 Å². The van der Waals surface area contributed by atoms with Gasteiger partial charge in [-0.15, -0.1) is 0 Å². The second-order valence-electron chi connectivity index (χ2n) is 4.20. The minimum absolute atomic E-state index is 0.653. The highest BCUT2D eigenvalue weighted by Gasteiger charge is 2.07. The van der Waals surface area contributed by atoms with Gasteiger partial charge in [-0.25, -0.2) is 0 Å². The lowest BCUT2D eigenvalue weighted by atomic mass is 10.00. The van der Waals surface area contributed by atoms with Crippen LogP contribution in [0.2, 0.25) is 0 Å². The van der Waals surface area contributed by atoms with Gasteiger partial charge in [0.05, 0.1) is 13.2 Å². The van der Waals surface area contributed by atoms with E-state index >= 15 is 0 Å². The average molecular weight is 244 g/mol. The molecular weight excluding hydrogens is 224 g/mol. The van der Waals surface area contributed by atoms with Gasteiger partial charge in [-0.05, 0) is 35.7 Å². The van der Waals surface area contributed by atoms with Gasteiger partial charge in [0.1, 0.15) is 0 Å². The molecule has 0 spiro atoms. The second-order valence-corrected chi connectivity index (χ2v) is 4.20. The number of hydrogen-bond acceptors (Lipinski definition) is 2. The third kappa shape index (κ3) is 2.89. The Labute approximate surface area is 109 Å². The molecule has 2 aromatic rings. The van der Waals surface area contributed by atoms with E-state index in [0.717, 1.165) is 13.2 Å². The van der Waals surface area contributed by atoms with Gasteiger partial charge in [0.2, 0.25) is 0 Å². The van der Waals surface area contributed by atoms with E-state index in [4.69, 9.17) is 9.47 Å². The first-order valence-corrected chi connectivity index (χ1v) is 6.51. The van der Waals surface area contributed by atoms with Crippen LogP contribution in [0.25, 0.3) is 10.8 Å². The van der Waals surface area contributed by atoms with E-state index < -0.39 is 0 Å². The highest BCUT2D eigenvalue weighted by molar-refractivity contribution is 5.86. The Kier molecular flexibility index (Phi) is 4.73. The van der Waals surface area contributed by atoms with Gasteiger partial charge < -0.3 is 9.47 Å². The SMILES string of the molecule is CCOCc1ccc2ccccc2c1COCC. The monoisotopic (exact) mass is 244 g/mol. The fourth-order valence-corrected chi connectivity index (χ4v) is 2.10. The van der Waals surface area contributed by atoms with Gasteiger partial charge >= 0.3 is 0 Å². The lowest BCUT2D eigenvalue weighted by Gasteiger charge is -2.13. The third-order valence-corrected chi connectivity index (χ3v) is 3.05. The summed E-state index contributed by atoms with van der Waals surface area (Å²) in [4.78, 5) is 0. The van der Waals surface area contributed by atoms with Crippen molar-refractivity contribution in [2.24, 2.45) is 0 Å². The molecule has 0 bridgehead atoms. The zero-order valence-corrected chi connectivity index (χ0v) is 11.1. The van der Waals surface area contributed by atoms with Gasteiger partial charge in [-0.3, -0.25) is 0 Å². The molecule has 0 saturated carbocycles. The topological polar surface area (TPSA) is 18.5 Å². The number of ether oxygens (including phenoxy) is 2. The van der Waals surface area contributed by atoms with E-state index in [2.05, 4.69) is 36.4 Å². The summed E-state index contributed by atoms with van der Waals surface area (Å²) in [5.41, 5.74) is 2.48. The van der Waals surface area contributed by atoms with E-state index in [1.807, 2.05) is 13.8 Å². The molecule has 0 N–H and O–H groups in total. The molecule has 96 valence electrons. The molecule has 2 nitrogen and oxygen atoms in total. The van der Waals surface area contributed by atoms with Gasteiger partial charge in [0, 0.05) is 13.2 Å². The predicted octanol–water partition coefficient (Wildman–Crippen LogP) is 3.91. The summed E-state index contributed by atoms with van der Waals surface area (Å²) in [5, 5.41) is 2.52. The maximum absolute atomic E-state index is 5.59. The number of benzene rings is 2. The molecule has 0 heterocycles. The summed E-state index contributed by atoms with van der Waals surface area (Å²) < 4.78 is 11.1. The van der Waals surface area contributed by atoms with Crippen LogP contribution < -0.4 is 0 Å². The normalized spacial score (nSPS) is 11.0. The van der Waals surface area contributed by atoms with Crippen molar-refractivity contribution in [1.82, 2.24) is 0 Å². The number of rotatable bonds is 6. The Morgan fingerprint density at radius 3 is 2.33 bits per heavy atom. The maximum atomic E-state index is 5.59. The quantitative estimate of drug-likeness (QED) is 0.767. The summed E-state index contributed by atoms with van der Waals surface area (Å²) in [5.74, 6) is 0. The molecule has 0 saturated heterocycles. The minimum atomic E-state index is 0.653. The third-order valence-electron chi connectivity index (χ3n) is 3.05. The van der Waals surface area contributed by atoms with E-state index in [1.54, 1.807) is 0 Å². The summed E-state index contributed by atoms with van der Waals surface area (Å²) in [6.07, 6.45) is 0. The Morgan fingerprint density at radius 1 is 0.833 bits per heavy atom. The fraction of sp³-hybridized carbons (Fsp3) is 0.375. The molecule has 0 aliphatic heterocycles. The van der Waals surface area contributed by atoms with Crippen molar-refractivity contribution >= 4 is 10.8 Å². The van der Waals surface area contributed by atoms with Crippen molar-refractivity contribution in [2.75, 3.05) is 13.2 Å². The van der Waals surface area contributed by atoms with Crippen LogP contribution in [-0.2, 0) is 22.7 Å². The van der Waals surface area contributed by atoms with Gasteiger partial charge in [0.25, 0.3) is 0 Å². The second kappa shape index (κ2) is 6.53. The minimum Gasteiger partial charge on any atom is -0.377 e. The first-order valence-electron chi connectivity index (χ1n) is 6.51. The van der Waals surface area contributed by atoms with E-state index in [9.17, 15) is 0 Å². The van der Waals surface area contributed by atoms with Gasteiger partial charge in [0.15, 0.2) is 0 Å². The van der Waals surface area contributed by atoms with Gasteiger partial charge in [-0.2, -0.15) is 0 Å². The van der Waals surface area contributed by atoms with E-state index in [-0.39, 0.29) is 0 Å². The molecule has 0 aliphatic rings. The summed E-state index contributed by atoms with van der Waals surface area (Å²) >= 11 is 0. The Morgan fingerprint density at radius 2 is 1.56 bits per heavy atom. The van der Waals surface area contributed by atoms with Crippen LogP contribution >= 0.6 is 0 Å². The number of hydrogen-bond donors (Lipinski definition) is 0. The molecular formula is C16H20O2. The predicted molar refractivity (Wildman–Crippen MR) is 74.6 cm³/mol. The molecule has 2 aromatic carbocycles. The Bertz CT molecular complexity index is 505. The molecule has 0 fully saturated rings. The number of fused-ring (bicyclic) bond motifs is 1. The molecule has 2 rings (SSSR count). The molecule has 0 atom stereocenters. The summed E-state index contributed by atoms with van der Waals surface area (Å²) in [6.45, 7) is 6.82. The van der Waals surface area contributed by atoms with Crippen molar-refractivity contribution < 1.29 is 9.47 Å². The van der Waals surface area contributed by atoms with Crippen LogP contribution in [-0.4, -0.2) is 13.2 Å². The molecule has 2 heteroatoms. The molecule has 18 heavy (non-hydrogen) atoms. The molecule has 0 amide bonds. The molecule has 0 aliphatic carbocycles. The Hall–Kier alpha value is -1.38. The van der Waals surface area contributed by atoms with Crippen molar-refractivity contribution in [3.05, 3.63) is 47.5 Å². The van der Waals surface area contributed by atoms with Gasteiger partial charge in [-0.1, -0.05) is 36.4 Å². The first-order chi connectivity index (χ1) is 8.86. The smallest absolute Gasteiger partial charge is 0.0726 e. The van der Waals surface area contributed by atoms with Crippen LogP contribution in [0.3, 0.4) is 0 Å². The fourth-order valence-electron chi connectivity index (χ4n) is 2.10. The lowest BCUT2D eigenvalue weighted by molar-refractivity contribution is 0.120. The standard InChI is InChI=1S/C16H20O2/c1-3-17-11-14-10-9-13-7-5-6-8-15(13)16(14)12-18-4-2/h5-10H,3-4,11-12H2,1-2H3. The van der Waals surface area contributed by atoms with Crippen molar-refractivity contribution in [3.63, 3.8) is 0 Å². The van der Waals surface area contributed by atoms with Crippen molar-refractivity contribution in [2.45, 2.75) is 27.1 Å². The average Bonchev–Trinajstić information content (AvgIpc) is 2.43. The highest BCUT2D eigenvalue weighted by atomic mass is 16.5. The molecule has 0 radical (unpaired) electrons. The van der Waals surface area contributed by atoms with Crippen LogP contribution in [0.5, 0.6) is 0 Å². The zero-order chi connectivity index (χ0) is 12.8. The molecule has 0 unspecified atom stereocenters. The van der Waals surface area contributed by atoms with Crippen LogP contribution in [0.1, 0.15) is 25.0 Å². The van der Waals surface area contributed by atoms with E-state index in [1.165, 1.54) is 21.9 Å². The van der Waals surface area contributed by atoms with Crippen LogP contribution in [0.4, 0.5) is 0 Å². The van der Waals surface area contributed by atoms with Crippen LogP contribution in [0.15, 0.2) is 36.4 Å². The Balaban J connectivity index is 2.41. The largest absolute Gasteiger partial charge is 0.377 e. The maximum Gasteiger partial charge on any atom is 0.0726 e. The van der Waals surface area contributed by atoms with Crippen LogP contribution in [0, 0.1) is 0 Å². The first kappa shape index (κ1) is 13.1. The summed E-state index contributed by atoms with van der Waals surface area (Å²) in [7, 11) is 0. The highest BCUT2D eigenvalue weighted by Crippen LogP contribution is 2.24. The lowest BCUT2D eigenvalue weighted by Crippen LogP contribution is -2.01.